The van der Waals surface area contributed by atoms with Crippen molar-refractivity contribution in [3.63, 3.8) is 0 Å². The fourth-order valence-corrected chi connectivity index (χ4v) is 13.0. The van der Waals surface area contributed by atoms with Gasteiger partial charge in [0.2, 0.25) is 5.91 Å². The number of unbranched alkanes of at least 4 members (excludes halogenated alkanes) is 63. The third kappa shape index (κ3) is 71.7. The predicted octanol–water partition coefficient (Wildman–Crippen LogP) is 26.3. The summed E-state index contributed by atoms with van der Waals surface area (Å²) in [6.45, 7) is 5.01. The van der Waals surface area contributed by atoms with Crippen LogP contribution >= 0.6 is 0 Å². The standard InChI is InChI=1S/C80H157NO5/c1-3-5-7-9-11-13-15-17-19-21-23-24-25-30-33-37-40-44-48-52-56-60-64-68-72-78(83)77(76-82)81-79(84)73-69-65-61-57-53-49-45-41-38-34-31-28-26-27-29-32-35-39-43-47-51-55-59-63-67-71-75-86-80(85)74-70-66-62-58-54-50-46-42-36-22-20-18-16-14-12-10-8-6-4-2/h18,20,77-78,82-83H,3-17,19,21-76H2,1-2H3,(H,81,84)/b20-18-. The molecular formula is C80H157NO5. The van der Waals surface area contributed by atoms with E-state index in [9.17, 15) is 19.8 Å². The van der Waals surface area contributed by atoms with Crippen LogP contribution in [0.25, 0.3) is 0 Å². The van der Waals surface area contributed by atoms with Gasteiger partial charge in [-0.1, -0.05) is 411 Å². The number of rotatable bonds is 76. The molecular weight excluding hydrogens is 1050 g/mol. The molecule has 3 N–H and O–H groups in total. The van der Waals surface area contributed by atoms with Crippen molar-refractivity contribution in [3.05, 3.63) is 12.2 Å². The Bertz CT molecular complexity index is 1300. The molecule has 0 aromatic carbocycles. The highest BCUT2D eigenvalue weighted by atomic mass is 16.5. The van der Waals surface area contributed by atoms with Gasteiger partial charge in [0.15, 0.2) is 0 Å². The Morgan fingerprint density at radius 1 is 0.314 bits per heavy atom. The third-order valence-electron chi connectivity index (χ3n) is 19.1. The van der Waals surface area contributed by atoms with E-state index in [1.165, 1.54) is 392 Å². The number of ether oxygens (including phenoxy) is 1. The molecule has 86 heavy (non-hydrogen) atoms. The Kier molecular flexibility index (Phi) is 74.8. The molecule has 0 aromatic heterocycles. The Labute approximate surface area is 539 Å². The van der Waals surface area contributed by atoms with Gasteiger partial charge in [0.25, 0.3) is 0 Å². The summed E-state index contributed by atoms with van der Waals surface area (Å²) in [6.07, 6.45) is 95.8. The fraction of sp³-hybridized carbons (Fsp3) is 0.950. The van der Waals surface area contributed by atoms with Crippen molar-refractivity contribution in [2.45, 2.75) is 475 Å². The van der Waals surface area contributed by atoms with Crippen LogP contribution in [-0.2, 0) is 14.3 Å². The number of carbonyl (C=O) groups excluding carboxylic acids is 2. The molecule has 0 aliphatic carbocycles. The van der Waals surface area contributed by atoms with Crippen LogP contribution in [0.5, 0.6) is 0 Å². The molecule has 0 heterocycles. The summed E-state index contributed by atoms with van der Waals surface area (Å²) in [5.74, 6) is -0.00804. The average molecular weight is 1210 g/mol. The number of nitrogens with one attached hydrogen (secondary N) is 1. The SMILES string of the molecule is CCCCCCCC/C=C\CCCCCCCCCCCC(=O)OCCCCCCCCCCCCCCCCCCCCCCCCCCCCC(=O)NC(CO)C(O)CCCCCCCCCCCCCCCCCCCCCCCCCC. The predicted molar refractivity (Wildman–Crippen MR) is 380 cm³/mol. The molecule has 0 spiro atoms. The number of allylic oxidation sites excluding steroid dienone is 2. The normalized spacial score (nSPS) is 12.5. The summed E-state index contributed by atoms with van der Waals surface area (Å²) in [6, 6.07) is -0.541. The fourth-order valence-electron chi connectivity index (χ4n) is 13.0. The minimum atomic E-state index is -0.664. The molecule has 2 unspecified atom stereocenters. The summed E-state index contributed by atoms with van der Waals surface area (Å²) in [5, 5.41) is 23.5. The summed E-state index contributed by atoms with van der Waals surface area (Å²) >= 11 is 0. The summed E-state index contributed by atoms with van der Waals surface area (Å²) in [5.41, 5.74) is 0. The number of hydrogen-bond acceptors (Lipinski definition) is 5. The molecule has 0 bridgehead atoms. The largest absolute Gasteiger partial charge is 0.466 e. The maximum absolute atomic E-state index is 12.6. The van der Waals surface area contributed by atoms with E-state index in [0.29, 0.717) is 25.9 Å². The molecule has 0 aromatic rings. The molecule has 2 atom stereocenters. The molecule has 6 nitrogen and oxygen atoms in total. The first-order valence-corrected chi connectivity index (χ1v) is 39.9. The summed E-state index contributed by atoms with van der Waals surface area (Å²) in [4.78, 5) is 24.7. The van der Waals surface area contributed by atoms with Crippen LogP contribution in [-0.4, -0.2) is 47.4 Å². The van der Waals surface area contributed by atoms with Crippen LogP contribution in [0, 0.1) is 0 Å². The monoisotopic (exact) mass is 1210 g/mol. The number of aliphatic hydroxyl groups is 2. The van der Waals surface area contributed by atoms with Gasteiger partial charge < -0.3 is 20.3 Å². The number of aliphatic hydroxyl groups excluding tert-OH is 2. The highest BCUT2D eigenvalue weighted by Gasteiger charge is 2.20. The summed E-state index contributed by atoms with van der Waals surface area (Å²) < 4.78 is 5.52. The molecule has 0 saturated heterocycles. The first-order valence-electron chi connectivity index (χ1n) is 39.9. The second kappa shape index (κ2) is 76.1. The number of esters is 1. The zero-order chi connectivity index (χ0) is 62.0. The Morgan fingerprint density at radius 2 is 0.547 bits per heavy atom. The maximum atomic E-state index is 12.6. The van der Waals surface area contributed by atoms with Gasteiger partial charge in [-0.25, -0.2) is 0 Å². The van der Waals surface area contributed by atoms with Crippen LogP contribution in [0.1, 0.15) is 463 Å². The quantitative estimate of drug-likeness (QED) is 0.0320. The second-order valence-electron chi connectivity index (χ2n) is 27.8. The van der Waals surface area contributed by atoms with Crippen molar-refractivity contribution >= 4 is 11.9 Å². The molecule has 0 fully saturated rings. The van der Waals surface area contributed by atoms with Crippen LogP contribution in [0.4, 0.5) is 0 Å². The van der Waals surface area contributed by atoms with Crippen molar-refractivity contribution in [1.82, 2.24) is 5.32 Å². The van der Waals surface area contributed by atoms with Gasteiger partial charge >= 0.3 is 5.97 Å². The van der Waals surface area contributed by atoms with Crippen molar-refractivity contribution in [2.75, 3.05) is 13.2 Å². The minimum Gasteiger partial charge on any atom is -0.466 e. The van der Waals surface area contributed by atoms with Crippen LogP contribution in [0.2, 0.25) is 0 Å². The first kappa shape index (κ1) is 84.6. The highest BCUT2D eigenvalue weighted by molar-refractivity contribution is 5.76. The van der Waals surface area contributed by atoms with Gasteiger partial charge in [-0.2, -0.15) is 0 Å². The van der Waals surface area contributed by atoms with Gasteiger partial charge in [0, 0.05) is 12.8 Å². The van der Waals surface area contributed by atoms with Crippen LogP contribution in [0.3, 0.4) is 0 Å². The molecule has 0 rings (SSSR count). The van der Waals surface area contributed by atoms with E-state index in [4.69, 9.17) is 4.74 Å². The van der Waals surface area contributed by atoms with Crippen LogP contribution in [0.15, 0.2) is 12.2 Å². The molecule has 6 heteroatoms. The van der Waals surface area contributed by atoms with Crippen molar-refractivity contribution < 1.29 is 24.5 Å². The van der Waals surface area contributed by atoms with E-state index in [-0.39, 0.29) is 18.5 Å². The molecule has 0 radical (unpaired) electrons. The molecule has 512 valence electrons. The van der Waals surface area contributed by atoms with Gasteiger partial charge in [0.05, 0.1) is 25.4 Å². The van der Waals surface area contributed by atoms with E-state index in [2.05, 4.69) is 31.3 Å². The third-order valence-corrected chi connectivity index (χ3v) is 19.1. The lowest BCUT2D eigenvalue weighted by molar-refractivity contribution is -0.143. The van der Waals surface area contributed by atoms with E-state index in [1.54, 1.807) is 0 Å². The Balaban J connectivity index is 3.34. The minimum absolute atomic E-state index is 0.0185. The first-order chi connectivity index (χ1) is 42.5. The van der Waals surface area contributed by atoms with Gasteiger partial charge in [-0.05, 0) is 51.4 Å². The second-order valence-corrected chi connectivity index (χ2v) is 27.8. The van der Waals surface area contributed by atoms with E-state index in [1.807, 2.05) is 0 Å². The number of carbonyl (C=O) groups is 2. The van der Waals surface area contributed by atoms with Crippen LogP contribution < -0.4 is 5.32 Å². The van der Waals surface area contributed by atoms with Crippen molar-refractivity contribution in [2.24, 2.45) is 0 Å². The highest BCUT2D eigenvalue weighted by Crippen LogP contribution is 2.20. The lowest BCUT2D eigenvalue weighted by Crippen LogP contribution is -2.45. The number of hydrogen-bond donors (Lipinski definition) is 3. The molecule has 0 aliphatic rings. The van der Waals surface area contributed by atoms with Gasteiger partial charge in [-0.15, -0.1) is 0 Å². The lowest BCUT2D eigenvalue weighted by atomic mass is 10.0. The summed E-state index contributed by atoms with van der Waals surface area (Å²) in [7, 11) is 0. The molecule has 0 aliphatic heterocycles. The number of amides is 1. The topological polar surface area (TPSA) is 95.9 Å². The van der Waals surface area contributed by atoms with Crippen molar-refractivity contribution in [1.29, 1.82) is 0 Å². The van der Waals surface area contributed by atoms with Gasteiger partial charge in [-0.3, -0.25) is 9.59 Å². The smallest absolute Gasteiger partial charge is 0.305 e. The zero-order valence-electron chi connectivity index (χ0n) is 58.8. The van der Waals surface area contributed by atoms with E-state index >= 15 is 0 Å². The van der Waals surface area contributed by atoms with Crippen molar-refractivity contribution in [3.8, 4) is 0 Å². The lowest BCUT2D eigenvalue weighted by Gasteiger charge is -2.22. The Morgan fingerprint density at radius 3 is 0.826 bits per heavy atom. The molecule has 0 saturated carbocycles. The maximum Gasteiger partial charge on any atom is 0.305 e. The molecule has 1 amide bonds. The Hall–Kier alpha value is -1.40. The average Bonchev–Trinajstić information content (AvgIpc) is 3.54. The van der Waals surface area contributed by atoms with E-state index < -0.39 is 12.1 Å². The zero-order valence-corrected chi connectivity index (χ0v) is 58.8. The van der Waals surface area contributed by atoms with Gasteiger partial charge in [0.1, 0.15) is 0 Å². The van der Waals surface area contributed by atoms with E-state index in [0.717, 1.165) is 38.5 Å².